The molecule has 0 atom stereocenters. The Kier molecular flexibility index (Phi) is 3.99. The van der Waals surface area contributed by atoms with Crippen LogP contribution in [0.15, 0.2) is 66.2 Å². The predicted octanol–water partition coefficient (Wildman–Crippen LogP) is 3.54. The molecule has 3 N–H and O–H groups in total. The van der Waals surface area contributed by atoms with Crippen LogP contribution in [-0.2, 0) is 11.2 Å². The van der Waals surface area contributed by atoms with Gasteiger partial charge in [0.25, 0.3) is 11.8 Å². The zero-order valence-corrected chi connectivity index (χ0v) is 13.8. The van der Waals surface area contributed by atoms with E-state index >= 15 is 0 Å². The molecule has 0 saturated carbocycles. The Balaban J connectivity index is 1.56. The van der Waals surface area contributed by atoms with Gasteiger partial charge in [-0.2, -0.15) is 0 Å². The highest BCUT2D eigenvalue weighted by Gasteiger charge is 2.18. The zero-order chi connectivity index (χ0) is 18.1. The number of amides is 2. The number of carbonyl (C=O) groups is 2. The summed E-state index contributed by atoms with van der Waals surface area (Å²) in [7, 11) is 0. The summed E-state index contributed by atoms with van der Waals surface area (Å²) in [5.74, 6) is -0.700. The summed E-state index contributed by atoms with van der Waals surface area (Å²) < 4.78 is 0. The van der Waals surface area contributed by atoms with E-state index in [1.165, 1.54) is 0 Å². The molecule has 3 aromatic carbocycles. The van der Waals surface area contributed by atoms with E-state index in [1.807, 2.05) is 54.6 Å². The minimum atomic E-state index is -0.511. The lowest BCUT2D eigenvalue weighted by Crippen LogP contribution is -2.20. The number of nitrogens with one attached hydrogen (secondary N) is 2. The Labute approximate surface area is 149 Å². The van der Waals surface area contributed by atoms with E-state index in [4.69, 9.17) is 5.21 Å². The average Bonchev–Trinajstić information content (AvgIpc) is 3.10. The summed E-state index contributed by atoms with van der Waals surface area (Å²) in [6, 6.07) is 19.0. The molecule has 128 valence electrons. The molecule has 3 aromatic rings. The SMILES string of the molecule is O=C(NO)C1=Cc2cc(NC(=O)c3ccc4ccccc4c3)ccc2C1. The third-order valence-corrected chi connectivity index (χ3v) is 4.52. The maximum absolute atomic E-state index is 12.6. The smallest absolute Gasteiger partial charge is 0.270 e. The fourth-order valence-electron chi connectivity index (χ4n) is 3.16. The summed E-state index contributed by atoms with van der Waals surface area (Å²) in [6.07, 6.45) is 2.17. The van der Waals surface area contributed by atoms with Crippen LogP contribution in [0.1, 0.15) is 21.5 Å². The normalized spacial score (nSPS) is 12.4. The summed E-state index contributed by atoms with van der Waals surface area (Å²) in [4.78, 5) is 24.1. The number of carbonyl (C=O) groups excluding carboxylic acids is 2. The monoisotopic (exact) mass is 344 g/mol. The molecular weight excluding hydrogens is 328 g/mol. The zero-order valence-electron chi connectivity index (χ0n) is 13.8. The van der Waals surface area contributed by atoms with Crippen molar-refractivity contribution in [3.05, 3.63) is 82.9 Å². The Morgan fingerprint density at radius 3 is 2.50 bits per heavy atom. The molecule has 5 nitrogen and oxygen atoms in total. The maximum atomic E-state index is 12.6. The van der Waals surface area contributed by atoms with Crippen LogP contribution in [0, 0.1) is 0 Å². The van der Waals surface area contributed by atoms with Gasteiger partial charge in [-0.1, -0.05) is 36.4 Å². The largest absolute Gasteiger partial charge is 0.322 e. The van der Waals surface area contributed by atoms with Crippen molar-refractivity contribution in [1.82, 2.24) is 5.48 Å². The molecule has 0 saturated heterocycles. The van der Waals surface area contributed by atoms with Crippen molar-refractivity contribution >= 4 is 34.4 Å². The van der Waals surface area contributed by atoms with Gasteiger partial charge in [0.2, 0.25) is 0 Å². The number of anilines is 1. The van der Waals surface area contributed by atoms with Crippen molar-refractivity contribution in [2.45, 2.75) is 6.42 Å². The first-order valence-corrected chi connectivity index (χ1v) is 8.22. The number of hydrogen-bond donors (Lipinski definition) is 3. The highest BCUT2D eigenvalue weighted by atomic mass is 16.5. The molecule has 0 aliphatic heterocycles. The minimum Gasteiger partial charge on any atom is -0.322 e. The molecule has 1 aliphatic rings. The highest BCUT2D eigenvalue weighted by Crippen LogP contribution is 2.28. The van der Waals surface area contributed by atoms with Crippen molar-refractivity contribution < 1.29 is 14.8 Å². The maximum Gasteiger partial charge on any atom is 0.270 e. The van der Waals surface area contributed by atoms with Gasteiger partial charge in [-0.3, -0.25) is 14.8 Å². The molecule has 5 heteroatoms. The van der Waals surface area contributed by atoms with Crippen LogP contribution >= 0.6 is 0 Å². The lowest BCUT2D eigenvalue weighted by Gasteiger charge is -2.08. The Morgan fingerprint density at radius 1 is 0.885 bits per heavy atom. The van der Waals surface area contributed by atoms with Crippen LogP contribution in [0.3, 0.4) is 0 Å². The van der Waals surface area contributed by atoms with Crippen LogP contribution in [0.25, 0.3) is 16.8 Å². The molecule has 0 unspecified atom stereocenters. The van der Waals surface area contributed by atoms with E-state index in [0.29, 0.717) is 23.2 Å². The molecule has 0 bridgehead atoms. The number of hydroxylamine groups is 1. The van der Waals surface area contributed by atoms with E-state index in [0.717, 1.165) is 21.9 Å². The lowest BCUT2D eigenvalue weighted by molar-refractivity contribution is -0.125. The fraction of sp³-hybridized carbons (Fsp3) is 0.0476. The van der Waals surface area contributed by atoms with Gasteiger partial charge in [0.15, 0.2) is 0 Å². The summed E-state index contributed by atoms with van der Waals surface area (Å²) >= 11 is 0. The number of rotatable bonds is 3. The highest BCUT2D eigenvalue weighted by molar-refractivity contribution is 6.07. The van der Waals surface area contributed by atoms with Gasteiger partial charge in [-0.15, -0.1) is 0 Å². The van der Waals surface area contributed by atoms with E-state index in [-0.39, 0.29) is 5.91 Å². The van der Waals surface area contributed by atoms with Gasteiger partial charge in [0, 0.05) is 23.2 Å². The average molecular weight is 344 g/mol. The fourth-order valence-corrected chi connectivity index (χ4v) is 3.16. The number of hydrogen-bond acceptors (Lipinski definition) is 3. The first kappa shape index (κ1) is 16.1. The Morgan fingerprint density at radius 2 is 1.69 bits per heavy atom. The van der Waals surface area contributed by atoms with Crippen molar-refractivity contribution in [2.75, 3.05) is 5.32 Å². The standard InChI is InChI=1S/C21H16N2O3/c24-20(16-6-5-13-3-1-2-4-14(13)9-16)22-19-8-7-15-10-18(21(25)23-26)11-17(15)12-19/h1-9,11-12,26H,10H2,(H,22,24)(H,23,25). The minimum absolute atomic E-state index is 0.189. The van der Waals surface area contributed by atoms with Gasteiger partial charge in [-0.05, 0) is 52.2 Å². The quantitative estimate of drug-likeness (QED) is 0.502. The first-order valence-electron chi connectivity index (χ1n) is 8.22. The van der Waals surface area contributed by atoms with Crippen LogP contribution < -0.4 is 10.8 Å². The first-order chi connectivity index (χ1) is 12.6. The molecule has 0 fully saturated rings. The molecule has 0 radical (unpaired) electrons. The van der Waals surface area contributed by atoms with Crippen LogP contribution in [-0.4, -0.2) is 17.0 Å². The molecule has 1 aliphatic carbocycles. The van der Waals surface area contributed by atoms with Crippen LogP contribution in [0.5, 0.6) is 0 Å². The van der Waals surface area contributed by atoms with E-state index in [9.17, 15) is 9.59 Å². The van der Waals surface area contributed by atoms with Crippen molar-refractivity contribution in [1.29, 1.82) is 0 Å². The van der Waals surface area contributed by atoms with Crippen molar-refractivity contribution in [2.24, 2.45) is 0 Å². The Bertz CT molecular complexity index is 1070. The van der Waals surface area contributed by atoms with Crippen LogP contribution in [0.2, 0.25) is 0 Å². The second-order valence-electron chi connectivity index (χ2n) is 6.22. The number of fused-ring (bicyclic) bond motifs is 2. The predicted molar refractivity (Wildman–Crippen MR) is 100.0 cm³/mol. The summed E-state index contributed by atoms with van der Waals surface area (Å²) in [6.45, 7) is 0. The number of benzene rings is 3. The molecule has 0 aromatic heterocycles. The van der Waals surface area contributed by atoms with Crippen molar-refractivity contribution in [3.8, 4) is 0 Å². The van der Waals surface area contributed by atoms with Gasteiger partial charge < -0.3 is 5.32 Å². The summed E-state index contributed by atoms with van der Waals surface area (Å²) in [5, 5.41) is 13.7. The van der Waals surface area contributed by atoms with E-state index in [1.54, 1.807) is 17.6 Å². The third-order valence-electron chi connectivity index (χ3n) is 4.52. The second kappa shape index (κ2) is 6.46. The van der Waals surface area contributed by atoms with E-state index in [2.05, 4.69) is 5.32 Å². The second-order valence-corrected chi connectivity index (χ2v) is 6.22. The van der Waals surface area contributed by atoms with E-state index < -0.39 is 5.91 Å². The lowest BCUT2D eigenvalue weighted by atomic mass is 10.1. The van der Waals surface area contributed by atoms with Crippen LogP contribution in [0.4, 0.5) is 5.69 Å². The molecular formula is C21H16N2O3. The van der Waals surface area contributed by atoms with Gasteiger partial charge in [-0.25, -0.2) is 5.48 Å². The molecule has 2 amide bonds. The van der Waals surface area contributed by atoms with Crippen molar-refractivity contribution in [3.63, 3.8) is 0 Å². The van der Waals surface area contributed by atoms with Gasteiger partial charge >= 0.3 is 0 Å². The molecule has 0 spiro atoms. The molecule has 0 heterocycles. The van der Waals surface area contributed by atoms with Gasteiger partial charge in [0.1, 0.15) is 0 Å². The molecule has 26 heavy (non-hydrogen) atoms. The molecule has 4 rings (SSSR count). The Hall–Kier alpha value is -3.44. The topological polar surface area (TPSA) is 78.4 Å². The third kappa shape index (κ3) is 2.96. The van der Waals surface area contributed by atoms with Gasteiger partial charge in [0.05, 0.1) is 0 Å². The summed E-state index contributed by atoms with van der Waals surface area (Å²) in [5.41, 5.74) is 5.21.